The summed E-state index contributed by atoms with van der Waals surface area (Å²) >= 11 is 11.7. The molecule has 0 amide bonds. The fourth-order valence-corrected chi connectivity index (χ4v) is 1.93. The van der Waals surface area contributed by atoms with E-state index in [1.807, 2.05) is 6.92 Å². The maximum Gasteiger partial charge on any atom is 0.183 e. The van der Waals surface area contributed by atoms with E-state index in [0.29, 0.717) is 16.5 Å². The number of nitrogens with zero attached hydrogens (tertiary/aromatic N) is 1. The van der Waals surface area contributed by atoms with Crippen LogP contribution in [-0.4, -0.2) is 11.5 Å². The van der Waals surface area contributed by atoms with Gasteiger partial charge in [-0.05, 0) is 31.2 Å². The second-order valence-corrected chi connectivity index (χ2v) is 4.81. The smallest absolute Gasteiger partial charge is 0.183 e. The number of hydrogen-bond acceptors (Lipinski definition) is 3. The molecule has 0 atom stereocenters. The summed E-state index contributed by atoms with van der Waals surface area (Å²) in [5.74, 6) is 0.180. The molecular weight excluding hydrogens is 302 g/mol. The number of pyridine rings is 1. The number of anilines is 1. The molecule has 1 heterocycles. The molecule has 0 unspecified atom stereocenters. The van der Waals surface area contributed by atoms with Gasteiger partial charge in [-0.1, -0.05) is 29.3 Å². The van der Waals surface area contributed by atoms with Crippen LogP contribution >= 0.6 is 23.2 Å². The lowest BCUT2D eigenvalue weighted by Crippen LogP contribution is -2.05. The third-order valence-corrected chi connectivity index (χ3v) is 3.19. The van der Waals surface area contributed by atoms with Crippen molar-refractivity contribution in [1.29, 1.82) is 0 Å². The third-order valence-electron chi connectivity index (χ3n) is 2.56. The molecule has 106 valence electrons. The van der Waals surface area contributed by atoms with E-state index in [4.69, 9.17) is 27.9 Å². The standard InChI is InChI=1S/C14H13Cl2FN2O/c1-2-18-13-7-6-9(15)11(19-13)8-20-12-5-3-4-10(16)14(12)17/h3-7H,2,8H2,1H3,(H,18,19). The lowest BCUT2D eigenvalue weighted by molar-refractivity contribution is 0.286. The van der Waals surface area contributed by atoms with Crippen LogP contribution in [0.1, 0.15) is 12.6 Å². The zero-order chi connectivity index (χ0) is 14.5. The summed E-state index contributed by atoms with van der Waals surface area (Å²) in [5, 5.41) is 3.56. The first-order valence-electron chi connectivity index (χ1n) is 6.08. The zero-order valence-electron chi connectivity index (χ0n) is 10.8. The number of nitrogens with one attached hydrogen (secondary N) is 1. The molecular formula is C14H13Cl2FN2O. The summed E-state index contributed by atoms with van der Waals surface area (Å²) in [6, 6.07) is 8.07. The van der Waals surface area contributed by atoms with Crippen LogP contribution in [0.3, 0.4) is 0 Å². The quantitative estimate of drug-likeness (QED) is 0.879. The second kappa shape index (κ2) is 6.77. The Morgan fingerprint density at radius 1 is 1.20 bits per heavy atom. The normalized spacial score (nSPS) is 10.4. The Morgan fingerprint density at radius 2 is 2.00 bits per heavy atom. The van der Waals surface area contributed by atoms with Crippen LogP contribution in [-0.2, 0) is 6.61 Å². The number of hydrogen-bond donors (Lipinski definition) is 1. The average molecular weight is 315 g/mol. The monoisotopic (exact) mass is 314 g/mol. The van der Waals surface area contributed by atoms with Crippen LogP contribution in [0.25, 0.3) is 0 Å². The molecule has 0 saturated heterocycles. The summed E-state index contributed by atoms with van der Waals surface area (Å²) in [4.78, 5) is 4.31. The largest absolute Gasteiger partial charge is 0.484 e. The van der Waals surface area contributed by atoms with Gasteiger partial charge in [-0.2, -0.15) is 0 Å². The van der Waals surface area contributed by atoms with Gasteiger partial charge >= 0.3 is 0 Å². The second-order valence-electron chi connectivity index (χ2n) is 4.00. The Labute approximate surface area is 126 Å². The number of benzene rings is 1. The van der Waals surface area contributed by atoms with E-state index < -0.39 is 5.82 Å². The van der Waals surface area contributed by atoms with Crippen LogP contribution in [0.2, 0.25) is 10.0 Å². The Morgan fingerprint density at radius 3 is 2.75 bits per heavy atom. The van der Waals surface area contributed by atoms with E-state index in [2.05, 4.69) is 10.3 Å². The van der Waals surface area contributed by atoms with Gasteiger partial charge in [0.05, 0.1) is 15.7 Å². The van der Waals surface area contributed by atoms with Gasteiger partial charge in [0.15, 0.2) is 11.6 Å². The molecule has 2 aromatic rings. The van der Waals surface area contributed by atoms with Gasteiger partial charge < -0.3 is 10.1 Å². The highest BCUT2D eigenvalue weighted by Gasteiger charge is 2.10. The number of ether oxygens (including phenoxy) is 1. The Hall–Kier alpha value is -1.52. The minimum absolute atomic E-state index is 0.0166. The molecule has 6 heteroatoms. The Kier molecular flexibility index (Phi) is 5.04. The summed E-state index contributed by atoms with van der Waals surface area (Å²) in [5.41, 5.74) is 0.532. The van der Waals surface area contributed by atoms with Crippen LogP contribution < -0.4 is 10.1 Å². The molecule has 20 heavy (non-hydrogen) atoms. The minimum Gasteiger partial charge on any atom is -0.484 e. The first-order valence-corrected chi connectivity index (χ1v) is 6.83. The highest BCUT2D eigenvalue weighted by molar-refractivity contribution is 6.31. The van der Waals surface area contributed by atoms with Crippen molar-refractivity contribution in [3.05, 3.63) is 51.9 Å². The van der Waals surface area contributed by atoms with Crippen molar-refractivity contribution in [2.24, 2.45) is 0 Å². The van der Waals surface area contributed by atoms with E-state index in [-0.39, 0.29) is 17.4 Å². The molecule has 0 fully saturated rings. The van der Waals surface area contributed by atoms with E-state index >= 15 is 0 Å². The van der Waals surface area contributed by atoms with Crippen LogP contribution in [0.15, 0.2) is 30.3 Å². The Balaban J connectivity index is 2.14. The fourth-order valence-electron chi connectivity index (χ4n) is 1.61. The lowest BCUT2D eigenvalue weighted by Gasteiger charge is -2.10. The fraction of sp³-hybridized carbons (Fsp3) is 0.214. The minimum atomic E-state index is -0.590. The maximum atomic E-state index is 13.7. The molecule has 1 N–H and O–H groups in total. The molecule has 0 bridgehead atoms. The first-order chi connectivity index (χ1) is 9.61. The topological polar surface area (TPSA) is 34.1 Å². The van der Waals surface area contributed by atoms with Crippen molar-refractivity contribution in [1.82, 2.24) is 4.98 Å². The van der Waals surface area contributed by atoms with Crippen LogP contribution in [0.5, 0.6) is 5.75 Å². The van der Waals surface area contributed by atoms with Gasteiger partial charge in [0.1, 0.15) is 12.4 Å². The van der Waals surface area contributed by atoms with Crippen molar-refractivity contribution in [3.8, 4) is 5.75 Å². The average Bonchev–Trinajstić information content (AvgIpc) is 2.44. The van der Waals surface area contributed by atoms with Crippen molar-refractivity contribution >= 4 is 29.0 Å². The highest BCUT2D eigenvalue weighted by atomic mass is 35.5. The molecule has 0 radical (unpaired) electrons. The van der Waals surface area contributed by atoms with Gasteiger partial charge in [-0.25, -0.2) is 9.37 Å². The molecule has 0 aliphatic rings. The van der Waals surface area contributed by atoms with Crippen LogP contribution in [0, 0.1) is 5.82 Å². The molecule has 1 aromatic heterocycles. The first kappa shape index (κ1) is 14.9. The van der Waals surface area contributed by atoms with Gasteiger partial charge in [0.25, 0.3) is 0 Å². The molecule has 3 nitrogen and oxygen atoms in total. The number of halogens is 3. The number of rotatable bonds is 5. The van der Waals surface area contributed by atoms with Crippen LogP contribution in [0.4, 0.5) is 10.2 Å². The Bertz CT molecular complexity index is 608. The van der Waals surface area contributed by atoms with Crippen molar-refractivity contribution in [2.45, 2.75) is 13.5 Å². The van der Waals surface area contributed by atoms with E-state index in [0.717, 1.165) is 6.54 Å². The molecule has 2 rings (SSSR count). The molecule has 0 aliphatic carbocycles. The summed E-state index contributed by atoms with van der Waals surface area (Å²) < 4.78 is 19.1. The molecule has 0 spiro atoms. The highest BCUT2D eigenvalue weighted by Crippen LogP contribution is 2.25. The third kappa shape index (κ3) is 3.52. The molecule has 1 aromatic carbocycles. The predicted octanol–water partition coefficient (Wildman–Crippen LogP) is 4.54. The lowest BCUT2D eigenvalue weighted by atomic mass is 10.3. The SMILES string of the molecule is CCNc1ccc(Cl)c(COc2cccc(Cl)c2F)n1. The maximum absolute atomic E-state index is 13.7. The molecule has 0 aliphatic heterocycles. The predicted molar refractivity (Wildman–Crippen MR) is 79.2 cm³/mol. The number of aromatic nitrogens is 1. The van der Waals surface area contributed by atoms with Crippen molar-refractivity contribution in [3.63, 3.8) is 0 Å². The van der Waals surface area contributed by atoms with Gasteiger partial charge in [0.2, 0.25) is 0 Å². The summed E-state index contributed by atoms with van der Waals surface area (Å²) in [6.07, 6.45) is 0. The van der Waals surface area contributed by atoms with Gasteiger partial charge in [-0.15, -0.1) is 0 Å². The van der Waals surface area contributed by atoms with Gasteiger partial charge in [-0.3, -0.25) is 0 Å². The molecule has 0 saturated carbocycles. The summed E-state index contributed by atoms with van der Waals surface area (Å²) in [7, 11) is 0. The van der Waals surface area contributed by atoms with E-state index in [1.54, 1.807) is 18.2 Å². The van der Waals surface area contributed by atoms with Crippen molar-refractivity contribution < 1.29 is 9.13 Å². The van der Waals surface area contributed by atoms with E-state index in [9.17, 15) is 4.39 Å². The summed E-state index contributed by atoms with van der Waals surface area (Å²) in [6.45, 7) is 2.78. The van der Waals surface area contributed by atoms with Gasteiger partial charge in [0, 0.05) is 6.54 Å². The van der Waals surface area contributed by atoms with Crippen molar-refractivity contribution in [2.75, 3.05) is 11.9 Å². The zero-order valence-corrected chi connectivity index (χ0v) is 12.3. The van der Waals surface area contributed by atoms with E-state index in [1.165, 1.54) is 12.1 Å².